The third-order valence-corrected chi connectivity index (χ3v) is 4.64. The van der Waals surface area contributed by atoms with E-state index in [-0.39, 0.29) is 24.2 Å². The first-order chi connectivity index (χ1) is 10.7. The maximum Gasteiger partial charge on any atom is 0.252 e. The second kappa shape index (κ2) is 6.96. The molecule has 2 fully saturated rings. The first-order valence-corrected chi connectivity index (χ1v) is 8.19. The molecule has 3 atom stereocenters. The first-order valence-electron chi connectivity index (χ1n) is 7.81. The van der Waals surface area contributed by atoms with E-state index in [9.17, 15) is 4.79 Å². The summed E-state index contributed by atoms with van der Waals surface area (Å²) in [6.07, 6.45) is 1.28. The van der Waals surface area contributed by atoms with E-state index in [0.717, 1.165) is 31.5 Å². The number of nitrogens with zero attached hydrogens (tertiary/aromatic N) is 1. The molecule has 2 saturated heterocycles. The monoisotopic (exact) mass is 323 g/mol. The Bertz CT molecular complexity index is 540. The summed E-state index contributed by atoms with van der Waals surface area (Å²) in [5.74, 6) is 0.0717. The molecule has 0 aliphatic carbocycles. The molecular weight excluding hydrogens is 302 g/mol. The Morgan fingerprint density at radius 2 is 2.32 bits per heavy atom. The lowest BCUT2D eigenvalue weighted by Crippen LogP contribution is -2.51. The summed E-state index contributed by atoms with van der Waals surface area (Å²) >= 11 is 6.09. The zero-order valence-corrected chi connectivity index (χ0v) is 13.3. The number of benzene rings is 1. The topological polar surface area (TPSA) is 67.6 Å². The van der Waals surface area contributed by atoms with Crippen LogP contribution in [0, 0.1) is 0 Å². The third-order valence-electron chi connectivity index (χ3n) is 4.41. The molecule has 0 bridgehead atoms. The molecule has 1 aromatic carbocycles. The highest BCUT2D eigenvalue weighted by Crippen LogP contribution is 2.28. The number of hydrogen-bond donors (Lipinski definition) is 2. The predicted octanol–water partition coefficient (Wildman–Crippen LogP) is 1.32. The molecule has 120 valence electrons. The quantitative estimate of drug-likeness (QED) is 0.880. The number of hydrogen-bond acceptors (Lipinski definition) is 4. The Balaban J connectivity index is 1.76. The normalized spacial score (nSPS) is 28.8. The Kier molecular flexibility index (Phi) is 4.98. The lowest BCUT2D eigenvalue weighted by atomic mass is 10.0. The number of halogens is 1. The van der Waals surface area contributed by atoms with Gasteiger partial charge in [0, 0.05) is 31.2 Å². The highest BCUT2D eigenvalue weighted by Gasteiger charge is 2.36. The Morgan fingerprint density at radius 1 is 1.45 bits per heavy atom. The van der Waals surface area contributed by atoms with Crippen molar-refractivity contribution in [2.75, 3.05) is 26.2 Å². The highest BCUT2D eigenvalue weighted by molar-refractivity contribution is 6.30. The molecule has 5 nitrogen and oxygen atoms in total. The second-order valence-corrected chi connectivity index (χ2v) is 6.30. The SMILES string of the molecule is NC[C@H]1CC[C@@H](C(=O)N2CCNCC2c2cccc(Cl)c2)O1. The van der Waals surface area contributed by atoms with Crippen molar-refractivity contribution in [3.63, 3.8) is 0 Å². The first kappa shape index (κ1) is 15.7. The van der Waals surface area contributed by atoms with Gasteiger partial charge < -0.3 is 20.7 Å². The molecule has 22 heavy (non-hydrogen) atoms. The standard InChI is InChI=1S/C16H22ClN3O2/c17-12-3-1-2-11(8-12)14-10-19-6-7-20(14)16(21)15-5-4-13(9-18)22-15/h1-3,8,13-15,19H,4-7,9-10,18H2/t13-,14?,15+/m1/s1. The van der Waals surface area contributed by atoms with Gasteiger partial charge in [0.2, 0.25) is 0 Å². The van der Waals surface area contributed by atoms with Crippen molar-refractivity contribution in [1.82, 2.24) is 10.2 Å². The molecule has 2 aliphatic rings. The van der Waals surface area contributed by atoms with E-state index >= 15 is 0 Å². The molecule has 1 amide bonds. The van der Waals surface area contributed by atoms with Gasteiger partial charge in [-0.15, -0.1) is 0 Å². The van der Waals surface area contributed by atoms with E-state index < -0.39 is 0 Å². The Hall–Kier alpha value is -1.14. The minimum atomic E-state index is -0.353. The van der Waals surface area contributed by atoms with Crippen LogP contribution in [0.5, 0.6) is 0 Å². The maximum absolute atomic E-state index is 12.8. The van der Waals surface area contributed by atoms with Crippen molar-refractivity contribution in [2.45, 2.75) is 31.1 Å². The number of rotatable bonds is 3. The molecule has 6 heteroatoms. The molecule has 0 radical (unpaired) electrons. The molecule has 3 N–H and O–H groups in total. The van der Waals surface area contributed by atoms with Crippen molar-refractivity contribution >= 4 is 17.5 Å². The highest BCUT2D eigenvalue weighted by atomic mass is 35.5. The fourth-order valence-electron chi connectivity index (χ4n) is 3.23. The Morgan fingerprint density at radius 3 is 3.05 bits per heavy atom. The molecule has 0 spiro atoms. The zero-order chi connectivity index (χ0) is 15.5. The van der Waals surface area contributed by atoms with E-state index in [1.807, 2.05) is 29.2 Å². The van der Waals surface area contributed by atoms with Crippen LogP contribution in [0.3, 0.4) is 0 Å². The van der Waals surface area contributed by atoms with E-state index in [0.29, 0.717) is 18.1 Å². The minimum Gasteiger partial charge on any atom is -0.364 e. The van der Waals surface area contributed by atoms with Crippen LogP contribution in [0.25, 0.3) is 0 Å². The molecule has 1 aromatic rings. The minimum absolute atomic E-state index is 0.000441. The van der Waals surface area contributed by atoms with Crippen molar-refractivity contribution in [2.24, 2.45) is 5.73 Å². The van der Waals surface area contributed by atoms with Crippen molar-refractivity contribution in [3.8, 4) is 0 Å². The van der Waals surface area contributed by atoms with Gasteiger partial charge in [-0.3, -0.25) is 4.79 Å². The van der Waals surface area contributed by atoms with Crippen LogP contribution in [0.1, 0.15) is 24.4 Å². The van der Waals surface area contributed by atoms with Gasteiger partial charge in [0.25, 0.3) is 5.91 Å². The third kappa shape index (κ3) is 3.27. The fraction of sp³-hybridized carbons (Fsp3) is 0.562. The van der Waals surface area contributed by atoms with Crippen molar-refractivity contribution < 1.29 is 9.53 Å². The van der Waals surface area contributed by atoms with E-state index in [1.54, 1.807) is 0 Å². The van der Waals surface area contributed by atoms with Gasteiger partial charge in [0.1, 0.15) is 6.10 Å². The van der Waals surface area contributed by atoms with E-state index in [4.69, 9.17) is 22.1 Å². The number of carbonyl (C=O) groups excluding carboxylic acids is 1. The number of nitrogens with one attached hydrogen (secondary N) is 1. The van der Waals surface area contributed by atoms with Gasteiger partial charge in [0.05, 0.1) is 12.1 Å². The average molecular weight is 324 g/mol. The van der Waals surface area contributed by atoms with Gasteiger partial charge in [-0.1, -0.05) is 23.7 Å². The number of piperazine rings is 1. The number of carbonyl (C=O) groups is 1. The van der Waals surface area contributed by atoms with Crippen molar-refractivity contribution in [1.29, 1.82) is 0 Å². The largest absolute Gasteiger partial charge is 0.364 e. The molecule has 2 aliphatic heterocycles. The smallest absolute Gasteiger partial charge is 0.252 e. The number of amides is 1. The molecule has 3 rings (SSSR count). The van der Waals surface area contributed by atoms with Gasteiger partial charge in [-0.25, -0.2) is 0 Å². The summed E-state index contributed by atoms with van der Waals surface area (Å²) in [6, 6.07) is 7.71. The van der Waals surface area contributed by atoms with Crippen LogP contribution in [-0.2, 0) is 9.53 Å². The number of ether oxygens (including phenoxy) is 1. The van der Waals surface area contributed by atoms with E-state index in [2.05, 4.69) is 5.32 Å². The summed E-state index contributed by atoms with van der Waals surface area (Å²) in [6.45, 7) is 2.70. The molecule has 2 heterocycles. The number of nitrogens with two attached hydrogens (primary N) is 1. The van der Waals surface area contributed by atoms with Crippen LogP contribution in [0.4, 0.5) is 0 Å². The lowest BCUT2D eigenvalue weighted by molar-refractivity contribution is -0.146. The second-order valence-electron chi connectivity index (χ2n) is 5.87. The summed E-state index contributed by atoms with van der Waals surface area (Å²) in [7, 11) is 0. The van der Waals surface area contributed by atoms with E-state index in [1.165, 1.54) is 0 Å². The average Bonchev–Trinajstić information content (AvgIpc) is 3.03. The van der Waals surface area contributed by atoms with Crippen LogP contribution in [-0.4, -0.2) is 49.2 Å². The van der Waals surface area contributed by atoms with Gasteiger partial charge in [-0.05, 0) is 30.5 Å². The lowest BCUT2D eigenvalue weighted by Gasteiger charge is -2.38. The molecule has 1 unspecified atom stereocenters. The Labute approximate surface area is 135 Å². The fourth-order valence-corrected chi connectivity index (χ4v) is 3.42. The predicted molar refractivity (Wildman–Crippen MR) is 85.7 cm³/mol. The maximum atomic E-state index is 12.8. The molecule has 0 aromatic heterocycles. The molecule has 0 saturated carbocycles. The van der Waals surface area contributed by atoms with Crippen LogP contribution in [0.15, 0.2) is 24.3 Å². The van der Waals surface area contributed by atoms with Crippen LogP contribution < -0.4 is 11.1 Å². The summed E-state index contributed by atoms with van der Waals surface area (Å²) in [5, 5.41) is 4.04. The van der Waals surface area contributed by atoms with Crippen molar-refractivity contribution in [3.05, 3.63) is 34.9 Å². The summed E-state index contributed by atoms with van der Waals surface area (Å²) in [5.41, 5.74) is 6.69. The zero-order valence-electron chi connectivity index (χ0n) is 12.5. The summed E-state index contributed by atoms with van der Waals surface area (Å²) < 4.78 is 5.77. The summed E-state index contributed by atoms with van der Waals surface area (Å²) in [4.78, 5) is 14.8. The van der Waals surface area contributed by atoms with Gasteiger partial charge >= 0.3 is 0 Å². The van der Waals surface area contributed by atoms with Gasteiger partial charge in [0.15, 0.2) is 0 Å². The van der Waals surface area contributed by atoms with Gasteiger partial charge in [-0.2, -0.15) is 0 Å². The molecular formula is C16H22ClN3O2. The van der Waals surface area contributed by atoms with Crippen LogP contribution in [0.2, 0.25) is 5.02 Å². The van der Waals surface area contributed by atoms with Crippen LogP contribution >= 0.6 is 11.6 Å².